The maximum Gasteiger partial charge on any atom is 0.317 e. The summed E-state index contributed by atoms with van der Waals surface area (Å²) in [4.78, 5) is 58.6. The number of urea groups is 1. The Morgan fingerprint density at radius 2 is 1.88 bits per heavy atom. The van der Waals surface area contributed by atoms with Gasteiger partial charge in [-0.05, 0) is 24.5 Å². The Bertz CT molecular complexity index is 1100. The first kappa shape index (κ1) is 20.2. The molecule has 6 atom stereocenters. The summed E-state index contributed by atoms with van der Waals surface area (Å²) in [5.74, 6) is -2.47. The number of amides is 5. The van der Waals surface area contributed by atoms with Gasteiger partial charge in [-0.2, -0.15) is 0 Å². The number of hydrogen-bond donors (Lipinski definition) is 1. The van der Waals surface area contributed by atoms with Gasteiger partial charge < -0.3 is 15.1 Å². The average Bonchev–Trinajstić information content (AvgIpc) is 3.11. The van der Waals surface area contributed by atoms with Crippen LogP contribution in [-0.2, 0) is 14.4 Å². The molecule has 1 aromatic rings. The summed E-state index contributed by atoms with van der Waals surface area (Å²) in [7, 11) is 0. The normalized spacial score (nSPS) is 36.1. The third-order valence-electron chi connectivity index (χ3n) is 8.16. The summed E-state index contributed by atoms with van der Waals surface area (Å²) >= 11 is 0. The van der Waals surface area contributed by atoms with Crippen LogP contribution in [0.5, 0.6) is 0 Å². The van der Waals surface area contributed by atoms with Crippen LogP contribution in [0.1, 0.15) is 6.42 Å². The number of piperidine rings is 3. The highest BCUT2D eigenvalue weighted by molar-refractivity contribution is 6.24. The zero-order valence-corrected chi connectivity index (χ0v) is 18.2. The van der Waals surface area contributed by atoms with Crippen LogP contribution in [0, 0.1) is 29.6 Å². The monoisotopic (exact) mass is 446 g/mol. The standard InChI is InChI=1S/C25H26N4O4/c1-2-10-26-24(33)27-12-15-11-16(14-27)25-9-8-18(21(30)28(25)13-15)19-20(25)23(32)29(22(19)31)17-6-4-3-5-7-17/h2-9,15-16,18-20H,1,10-14H2,(H,26,33)/t15-,16-,18-,19+,20-,25-/m1/s1. The Hall–Kier alpha value is -3.42. The number of carbonyl (C=O) groups excluding carboxylic acids is 4. The Kier molecular flexibility index (Phi) is 4.31. The zero-order valence-electron chi connectivity index (χ0n) is 18.2. The SMILES string of the molecule is C=CCNC(=O)N1C[C@H]2C[C@H](C1)[C@@]13C=C[C@@H](C(=O)N1C2)[C@@H]1C(=O)N(c2ccccc2)C(=O)[C@@H]13. The van der Waals surface area contributed by atoms with E-state index in [4.69, 9.17) is 0 Å². The van der Waals surface area contributed by atoms with E-state index in [0.29, 0.717) is 31.9 Å². The minimum absolute atomic E-state index is 0.0610. The molecule has 6 aliphatic rings. The lowest BCUT2D eigenvalue weighted by atomic mass is 9.54. The molecule has 0 saturated carbocycles. The first-order valence-electron chi connectivity index (χ1n) is 11.5. The number of hydrogen-bond acceptors (Lipinski definition) is 4. The van der Waals surface area contributed by atoms with Gasteiger partial charge in [0.05, 0.1) is 29.0 Å². The minimum atomic E-state index is -0.874. The first-order valence-corrected chi connectivity index (χ1v) is 11.5. The maximum atomic E-state index is 13.8. The lowest BCUT2D eigenvalue weighted by molar-refractivity contribution is -0.175. The molecular weight excluding hydrogens is 420 g/mol. The van der Waals surface area contributed by atoms with E-state index in [1.165, 1.54) is 4.90 Å². The molecule has 7 rings (SSSR count). The molecule has 5 aliphatic heterocycles. The van der Waals surface area contributed by atoms with Crippen LogP contribution in [0.25, 0.3) is 0 Å². The number of benzene rings is 1. The van der Waals surface area contributed by atoms with Gasteiger partial charge in [0.2, 0.25) is 17.7 Å². The van der Waals surface area contributed by atoms with Crippen LogP contribution in [0.3, 0.4) is 0 Å². The van der Waals surface area contributed by atoms with Crippen LogP contribution in [-0.4, -0.2) is 65.3 Å². The predicted octanol–water partition coefficient (Wildman–Crippen LogP) is 1.41. The van der Waals surface area contributed by atoms with Crippen molar-refractivity contribution in [3.05, 3.63) is 55.1 Å². The molecule has 1 N–H and O–H groups in total. The molecule has 8 nitrogen and oxygen atoms in total. The Balaban J connectivity index is 1.41. The van der Waals surface area contributed by atoms with Gasteiger partial charge in [-0.25, -0.2) is 9.69 Å². The molecule has 170 valence electrons. The van der Waals surface area contributed by atoms with Crippen LogP contribution in [0.15, 0.2) is 55.1 Å². The van der Waals surface area contributed by atoms with Gasteiger partial charge in [-0.1, -0.05) is 36.4 Å². The van der Waals surface area contributed by atoms with Gasteiger partial charge in [0.1, 0.15) is 0 Å². The topological polar surface area (TPSA) is 90.0 Å². The highest BCUT2D eigenvalue weighted by atomic mass is 16.2. The number of rotatable bonds is 3. The molecule has 0 unspecified atom stereocenters. The quantitative estimate of drug-likeness (QED) is 0.562. The van der Waals surface area contributed by atoms with Crippen molar-refractivity contribution < 1.29 is 19.2 Å². The molecule has 4 fully saturated rings. The molecule has 0 radical (unpaired) electrons. The number of nitrogens with zero attached hydrogens (tertiary/aromatic N) is 3. The van der Waals surface area contributed by atoms with E-state index in [9.17, 15) is 19.2 Å². The number of fused-ring (bicyclic) bond motifs is 2. The van der Waals surface area contributed by atoms with E-state index in [2.05, 4.69) is 11.9 Å². The highest BCUT2D eigenvalue weighted by Crippen LogP contribution is 2.58. The van der Waals surface area contributed by atoms with Crippen molar-refractivity contribution >= 4 is 29.4 Å². The average molecular weight is 447 g/mol. The summed E-state index contributed by atoms with van der Waals surface area (Å²) in [6.45, 7) is 5.54. The number of nitrogens with one attached hydrogen (secondary N) is 1. The fourth-order valence-corrected chi connectivity index (χ4v) is 6.94. The van der Waals surface area contributed by atoms with E-state index in [-0.39, 0.29) is 35.6 Å². The molecule has 1 aliphatic carbocycles. The van der Waals surface area contributed by atoms with Crippen LogP contribution in [0.4, 0.5) is 10.5 Å². The minimum Gasteiger partial charge on any atom is -0.335 e. The second kappa shape index (κ2) is 7.04. The van der Waals surface area contributed by atoms with Crippen molar-refractivity contribution in [3.63, 3.8) is 0 Å². The van der Waals surface area contributed by atoms with E-state index in [0.717, 1.165) is 6.42 Å². The van der Waals surface area contributed by atoms with E-state index in [1.54, 1.807) is 35.2 Å². The molecule has 0 aromatic heterocycles. The van der Waals surface area contributed by atoms with Crippen molar-refractivity contribution in [2.45, 2.75) is 12.0 Å². The van der Waals surface area contributed by atoms with Gasteiger partial charge in [-0.15, -0.1) is 6.58 Å². The third-order valence-corrected chi connectivity index (χ3v) is 8.16. The molecule has 8 heteroatoms. The van der Waals surface area contributed by atoms with Crippen molar-refractivity contribution in [1.82, 2.24) is 15.1 Å². The highest BCUT2D eigenvalue weighted by Gasteiger charge is 2.72. The largest absolute Gasteiger partial charge is 0.335 e. The molecule has 33 heavy (non-hydrogen) atoms. The van der Waals surface area contributed by atoms with Crippen LogP contribution < -0.4 is 10.2 Å². The number of para-hydroxylation sites is 1. The number of anilines is 1. The molecule has 4 bridgehead atoms. The fraction of sp³-hybridized carbons (Fsp3) is 0.440. The number of carbonyl (C=O) groups is 4. The van der Waals surface area contributed by atoms with Crippen molar-refractivity contribution in [3.8, 4) is 0 Å². The molecule has 1 spiro atoms. The molecule has 1 aromatic carbocycles. The summed E-state index contributed by atoms with van der Waals surface area (Å²) in [5.41, 5.74) is -0.333. The predicted molar refractivity (Wildman–Crippen MR) is 120 cm³/mol. The van der Waals surface area contributed by atoms with Crippen molar-refractivity contribution in [1.29, 1.82) is 0 Å². The lowest BCUT2D eigenvalue weighted by Crippen LogP contribution is -2.76. The van der Waals surface area contributed by atoms with E-state index < -0.39 is 23.3 Å². The molecular formula is C25H26N4O4. The van der Waals surface area contributed by atoms with Gasteiger partial charge >= 0.3 is 6.03 Å². The number of imide groups is 1. The summed E-state index contributed by atoms with van der Waals surface area (Å²) in [6.07, 6.45) is 6.31. The van der Waals surface area contributed by atoms with Crippen molar-refractivity contribution in [2.75, 3.05) is 31.1 Å². The van der Waals surface area contributed by atoms with E-state index in [1.807, 2.05) is 23.1 Å². The summed E-state index contributed by atoms with van der Waals surface area (Å²) < 4.78 is 0. The van der Waals surface area contributed by atoms with Crippen LogP contribution in [0.2, 0.25) is 0 Å². The Labute approximate surface area is 191 Å². The van der Waals surface area contributed by atoms with Crippen LogP contribution >= 0.6 is 0 Å². The Morgan fingerprint density at radius 1 is 1.09 bits per heavy atom. The second-order valence-electron chi connectivity index (χ2n) is 9.75. The van der Waals surface area contributed by atoms with Gasteiger partial charge in [0, 0.05) is 32.1 Å². The molecule has 5 amide bonds. The lowest BCUT2D eigenvalue weighted by Gasteiger charge is -2.64. The first-order chi connectivity index (χ1) is 16.0. The second-order valence-corrected chi connectivity index (χ2v) is 9.75. The van der Waals surface area contributed by atoms with Crippen molar-refractivity contribution in [2.24, 2.45) is 29.6 Å². The zero-order chi connectivity index (χ0) is 22.9. The number of likely N-dealkylation sites (tertiary alicyclic amines) is 1. The van der Waals surface area contributed by atoms with E-state index >= 15 is 0 Å². The fourth-order valence-electron chi connectivity index (χ4n) is 6.94. The Morgan fingerprint density at radius 3 is 2.64 bits per heavy atom. The van der Waals surface area contributed by atoms with Gasteiger partial charge in [-0.3, -0.25) is 14.4 Å². The smallest absolute Gasteiger partial charge is 0.317 e. The summed E-state index contributed by atoms with van der Waals surface area (Å²) in [6, 6.07) is 8.78. The summed E-state index contributed by atoms with van der Waals surface area (Å²) in [5, 5.41) is 2.84. The molecule has 5 heterocycles. The molecule has 4 saturated heterocycles. The van der Waals surface area contributed by atoms with Gasteiger partial charge in [0.15, 0.2) is 0 Å². The van der Waals surface area contributed by atoms with Gasteiger partial charge in [0.25, 0.3) is 0 Å². The third kappa shape index (κ3) is 2.57. The maximum absolute atomic E-state index is 13.8.